The molecule has 0 aliphatic carbocycles. The summed E-state index contributed by atoms with van der Waals surface area (Å²) in [4.78, 5) is 93.4. The lowest BCUT2D eigenvalue weighted by Gasteiger charge is -2.32. The fourth-order valence-corrected chi connectivity index (χ4v) is 8.17. The number of aromatic hydroxyl groups is 2. The molecule has 1 aliphatic rings. The minimum absolute atomic E-state index is 0.0408. The normalized spacial score (nSPS) is 18.2. The summed E-state index contributed by atoms with van der Waals surface area (Å²) in [5.41, 5.74) is 14.2. The van der Waals surface area contributed by atoms with Crippen molar-refractivity contribution in [2.24, 2.45) is 11.5 Å². The van der Waals surface area contributed by atoms with E-state index in [1.165, 1.54) is 50.4 Å². The smallest absolute Gasteiger partial charge is 0.344 e. The van der Waals surface area contributed by atoms with Crippen LogP contribution in [0.15, 0.2) is 84.9 Å². The molecule has 340 valence electrons. The van der Waals surface area contributed by atoms with Crippen LogP contribution < -0.4 is 32.7 Å². The van der Waals surface area contributed by atoms with Crippen molar-refractivity contribution in [1.82, 2.24) is 26.2 Å². The second-order valence-corrected chi connectivity index (χ2v) is 18.5. The van der Waals surface area contributed by atoms with Crippen LogP contribution in [0.5, 0.6) is 11.5 Å². The van der Waals surface area contributed by atoms with E-state index in [2.05, 4.69) is 24.1 Å². The lowest BCUT2D eigenvalue weighted by Crippen LogP contribution is -2.58. The second kappa shape index (κ2) is 22.0. The molecule has 1 aliphatic heterocycles. The van der Waals surface area contributed by atoms with Gasteiger partial charge in [0.1, 0.15) is 71.0 Å². The molecular weight excluding hydrogens is 984 g/mol. The van der Waals surface area contributed by atoms with Crippen molar-refractivity contribution in [3.8, 4) is 33.8 Å². The van der Waals surface area contributed by atoms with Gasteiger partial charge in [-0.1, -0.05) is 48.0 Å². The number of hydrogen-bond donors (Lipinski definition) is 9. The molecule has 18 nitrogen and oxygen atoms in total. The van der Waals surface area contributed by atoms with Crippen LogP contribution in [0.3, 0.4) is 0 Å². The van der Waals surface area contributed by atoms with Crippen LogP contribution in [-0.2, 0) is 37.8 Å². The molecule has 1 unspecified atom stereocenters. The largest absolute Gasteiger partial charge is 0.507 e. The van der Waals surface area contributed by atoms with E-state index < -0.39 is 79.4 Å². The number of ketones is 1. The molecule has 4 aromatic carbocycles. The van der Waals surface area contributed by atoms with Crippen LogP contribution in [0.25, 0.3) is 22.3 Å². The van der Waals surface area contributed by atoms with Crippen LogP contribution in [0, 0.1) is 0 Å². The number of carbonyl (C=O) groups is 6. The Morgan fingerprint density at radius 2 is 1.52 bits per heavy atom. The summed E-state index contributed by atoms with van der Waals surface area (Å²) in [7, 11) is -3.01. The summed E-state index contributed by atoms with van der Waals surface area (Å²) in [5, 5.41) is 32.9. The highest BCUT2D eigenvalue weighted by Gasteiger charge is 2.36. The zero-order valence-electron chi connectivity index (χ0n) is 34.6. The quantitative estimate of drug-likeness (QED) is 0.0357. The number of Topliss-reactive ketones (excluding diaryl/α,β-unsaturated/α-hetero) is 1. The molecule has 0 saturated carbocycles. The minimum atomic E-state index is -4.35. The second-order valence-electron chi connectivity index (χ2n) is 15.2. The first-order valence-electron chi connectivity index (χ1n) is 19.9. The molecule has 6 atom stereocenters. The van der Waals surface area contributed by atoms with Gasteiger partial charge >= 0.3 is 7.60 Å². The topological polar surface area (TPSA) is 293 Å². The van der Waals surface area contributed by atoms with Gasteiger partial charge in [-0.05, 0) is 104 Å². The molecule has 4 aromatic rings. The maximum Gasteiger partial charge on any atom is 0.344 e. The molecule has 21 heteroatoms. The summed E-state index contributed by atoms with van der Waals surface area (Å²) in [6.07, 6.45) is -1.94. The highest BCUT2D eigenvalue weighted by Crippen LogP contribution is 2.44. The van der Waals surface area contributed by atoms with Crippen molar-refractivity contribution < 1.29 is 51.3 Å². The average molecular weight is 1030 g/mol. The van der Waals surface area contributed by atoms with Crippen molar-refractivity contribution in [3.63, 3.8) is 0 Å². The van der Waals surface area contributed by atoms with E-state index in [1.54, 1.807) is 36.4 Å². The van der Waals surface area contributed by atoms with Gasteiger partial charge in [0, 0.05) is 35.2 Å². The van der Waals surface area contributed by atoms with Crippen molar-refractivity contribution >= 4 is 77.5 Å². The number of phenolic OH excluding ortho intramolecular Hbond substituents is 2. The van der Waals surface area contributed by atoms with Crippen molar-refractivity contribution in [1.29, 1.82) is 0 Å². The lowest BCUT2D eigenvalue weighted by atomic mass is 9.93. The number of amides is 5. The Bertz CT molecular complexity index is 2440. The number of benzene rings is 4. The van der Waals surface area contributed by atoms with Crippen LogP contribution in [0.4, 0.5) is 0 Å². The number of halogens is 2. The standard InChI is InChI=1S/C43H48ClIN7O11P/c1-23-39(56)50-33(41(58)51-38(47)36(55)22-64(61,62)63-45)20-24-6-16-34(53)30(19-24)31-21-28(13-17-35(31)54)37(42(59)48-23)52(2)43(60)32(5-3-4-18-46)49-40(57)27-9-7-25(8-10-27)26-11-14-29(44)15-12-26/h6-17,19,21,23,32-33,37-38,53-54H,3-5,18,20,22,46-47H2,1-2H3,(H,48,59)(H,49,57)(H,50,56)(H,51,58)(H,61,62)/t23-,32-,33-,37-,38+/m0/s1. The van der Waals surface area contributed by atoms with Crippen molar-refractivity contribution in [2.75, 3.05) is 19.8 Å². The fraction of sp³-hybridized carbons (Fsp3) is 0.302. The Labute approximate surface area is 387 Å². The first kappa shape index (κ1) is 49.6. The summed E-state index contributed by atoms with van der Waals surface area (Å²) in [6, 6.07) is 16.7. The Morgan fingerprint density at radius 3 is 2.14 bits per heavy atom. The van der Waals surface area contributed by atoms with E-state index in [9.17, 15) is 48.4 Å². The highest BCUT2D eigenvalue weighted by atomic mass is 127. The maximum absolute atomic E-state index is 14.5. The highest BCUT2D eigenvalue weighted by molar-refractivity contribution is 14.1. The van der Waals surface area contributed by atoms with E-state index in [0.717, 1.165) is 39.0 Å². The van der Waals surface area contributed by atoms with Gasteiger partial charge in [0.2, 0.25) is 23.6 Å². The summed E-state index contributed by atoms with van der Waals surface area (Å²) in [6.45, 7) is 1.65. The molecule has 5 rings (SSSR count). The predicted octanol–water partition coefficient (Wildman–Crippen LogP) is 3.58. The van der Waals surface area contributed by atoms with E-state index in [0.29, 0.717) is 30.0 Å². The molecule has 5 amide bonds. The van der Waals surface area contributed by atoms with Crippen LogP contribution >= 0.6 is 42.2 Å². The number of carbonyl (C=O) groups excluding carboxylic acids is 6. The number of hydrogen-bond acceptors (Lipinski definition) is 12. The summed E-state index contributed by atoms with van der Waals surface area (Å²) >= 11 is 7.19. The molecule has 64 heavy (non-hydrogen) atoms. The molecule has 4 bridgehead atoms. The van der Waals surface area contributed by atoms with Gasteiger partial charge in [0.05, 0.1) is 0 Å². The van der Waals surface area contributed by atoms with Crippen LogP contribution in [0.2, 0.25) is 5.02 Å². The first-order chi connectivity index (χ1) is 30.3. The third-order valence-corrected chi connectivity index (χ3v) is 13.5. The van der Waals surface area contributed by atoms with Gasteiger partial charge in [-0.25, -0.2) is 2.85 Å². The Balaban J connectivity index is 1.48. The van der Waals surface area contributed by atoms with E-state index in [4.69, 9.17) is 23.1 Å². The Morgan fingerprint density at radius 1 is 0.906 bits per heavy atom. The number of unbranched alkanes of at least 4 members (excludes halogenated alkanes) is 1. The maximum atomic E-state index is 14.5. The molecule has 0 spiro atoms. The molecule has 0 aromatic heterocycles. The molecule has 0 radical (unpaired) electrons. The number of fused-ring (bicyclic) bond motifs is 5. The van der Waals surface area contributed by atoms with Crippen molar-refractivity contribution in [3.05, 3.63) is 107 Å². The van der Waals surface area contributed by atoms with Gasteiger partial charge in [0.25, 0.3) is 5.91 Å². The average Bonchev–Trinajstić information content (AvgIpc) is 3.26. The van der Waals surface area contributed by atoms with Crippen LogP contribution in [0.1, 0.15) is 53.7 Å². The number of phenols is 2. The molecule has 11 N–H and O–H groups in total. The van der Waals surface area contributed by atoms with Gasteiger partial charge < -0.3 is 52.7 Å². The van der Waals surface area contributed by atoms with E-state index in [1.807, 2.05) is 12.1 Å². The zero-order chi connectivity index (χ0) is 46.9. The van der Waals surface area contributed by atoms with Crippen LogP contribution in [-0.4, -0.2) is 99.4 Å². The minimum Gasteiger partial charge on any atom is -0.507 e. The van der Waals surface area contributed by atoms with E-state index in [-0.39, 0.29) is 46.6 Å². The SMILES string of the molecule is C[C@@H]1NC(=O)[C@@H](N(C)C(=O)[C@H](CCCCN)NC(=O)c2ccc(-c3ccc(Cl)cc3)cc2)c2ccc(O)c(c2)-c2cc(ccc2O)C[C@@H](C(=O)N[C@@H](N)C(=O)CP(=O)(O)OI)NC1=O. The van der Waals surface area contributed by atoms with Gasteiger partial charge in [-0.15, -0.1) is 0 Å². The number of nitrogens with two attached hydrogens (primary N) is 2. The molecular formula is C43H48ClIN7O11P. The predicted molar refractivity (Wildman–Crippen MR) is 246 cm³/mol. The number of likely N-dealkylation sites (N-methyl/N-ethyl adjacent to an activating group) is 1. The molecule has 1 heterocycles. The van der Waals surface area contributed by atoms with E-state index >= 15 is 0 Å². The first-order valence-corrected chi connectivity index (χ1v) is 22.9. The third kappa shape index (κ3) is 12.6. The van der Waals surface area contributed by atoms with Crippen molar-refractivity contribution in [2.45, 2.75) is 62.9 Å². The molecule has 0 fully saturated rings. The summed E-state index contributed by atoms with van der Waals surface area (Å²) in [5.74, 6) is -5.61. The zero-order valence-corrected chi connectivity index (χ0v) is 38.4. The number of nitrogens with zero attached hydrogens (tertiary/aromatic N) is 1. The Kier molecular flexibility index (Phi) is 17.0. The van der Waals surface area contributed by atoms with Gasteiger partial charge in [-0.3, -0.25) is 33.3 Å². The fourth-order valence-electron chi connectivity index (χ4n) is 6.99. The summed E-state index contributed by atoms with van der Waals surface area (Å²) < 4.78 is 16.4. The number of rotatable bonds is 15. The Hall–Kier alpha value is -5.41. The lowest BCUT2D eigenvalue weighted by molar-refractivity contribution is -0.141. The van der Waals surface area contributed by atoms with Gasteiger partial charge in [-0.2, -0.15) is 0 Å². The van der Waals surface area contributed by atoms with Gasteiger partial charge in [0.15, 0.2) is 5.78 Å². The molecule has 0 saturated heterocycles. The third-order valence-electron chi connectivity index (χ3n) is 10.5. The number of nitrogens with one attached hydrogen (secondary N) is 4. The monoisotopic (exact) mass is 1030 g/mol.